The van der Waals surface area contributed by atoms with Gasteiger partial charge in [-0.25, -0.2) is 0 Å². The van der Waals surface area contributed by atoms with Crippen LogP contribution in [0.2, 0.25) is 0 Å². The van der Waals surface area contributed by atoms with Crippen LogP contribution in [0.25, 0.3) is 0 Å². The van der Waals surface area contributed by atoms with Crippen molar-refractivity contribution in [3.05, 3.63) is 333 Å². The molecule has 0 aliphatic heterocycles. The van der Waals surface area contributed by atoms with E-state index >= 15 is 0 Å². The lowest BCUT2D eigenvalue weighted by atomic mass is 9.84. The van der Waals surface area contributed by atoms with Crippen molar-refractivity contribution in [1.82, 2.24) is 60.0 Å². The van der Waals surface area contributed by atoms with Crippen molar-refractivity contribution in [3.63, 3.8) is 0 Å². The molecule has 8 unspecified atom stereocenters. The molecule has 8 atom stereocenters. The van der Waals surface area contributed by atoms with E-state index in [-0.39, 0.29) is 55.5 Å². The highest BCUT2D eigenvalue weighted by atomic mass is 32.1. The number of hydrogen-bond donors (Lipinski definition) is 0. The maximum absolute atomic E-state index is 11.6. The summed E-state index contributed by atoms with van der Waals surface area (Å²) in [6.07, 6.45) is 20.3. The van der Waals surface area contributed by atoms with Gasteiger partial charge in [0.25, 0.3) is 25.8 Å². The Balaban J connectivity index is 0.000000355. The minimum Gasteiger partial charge on any atom is -0.464 e. The second-order valence-corrected chi connectivity index (χ2v) is 30.9. The number of nitrogens with zero attached hydrogens (tertiary/aromatic N) is 12. The molecule has 8 aromatic carbocycles. The molecule has 0 spiro atoms. The Labute approximate surface area is 777 Å². The molecule has 28 nitrogen and oxygen atoms in total. The third kappa shape index (κ3) is 42.3. The van der Waals surface area contributed by atoms with Crippen LogP contribution < -0.4 is 0 Å². The van der Waals surface area contributed by atoms with Gasteiger partial charge in [-0.05, 0) is 175 Å². The number of aromatic nitrogens is 12. The monoisotopic (exact) mass is 1840 g/mol. The number of carbonyl (C=O) groups excluding carboxylic acids is 4. The van der Waals surface area contributed by atoms with Crippen LogP contribution in [0.15, 0.2) is 243 Å². The first kappa shape index (κ1) is 102. The summed E-state index contributed by atoms with van der Waals surface area (Å²) in [5.41, 5.74) is 17.5. The van der Waals surface area contributed by atoms with Crippen LogP contribution in [0, 0.1) is 27.7 Å². The molecule has 0 amide bonds. The molecular formula is C97H120N12O16S4. The first-order valence-electron chi connectivity index (χ1n) is 44.0. The van der Waals surface area contributed by atoms with Crippen LogP contribution in [0.3, 0.4) is 0 Å². The Bertz CT molecular complexity index is 4760. The molecular weight excluding hydrogens is 1720 g/mol. The summed E-state index contributed by atoms with van der Waals surface area (Å²) in [6, 6.07) is 73.7. The van der Waals surface area contributed by atoms with Crippen molar-refractivity contribution in [2.75, 3.05) is 0 Å². The van der Waals surface area contributed by atoms with Crippen molar-refractivity contribution in [2.24, 2.45) is 28.2 Å². The van der Waals surface area contributed by atoms with Crippen molar-refractivity contribution >= 4 is 72.1 Å². The predicted molar refractivity (Wildman–Crippen MR) is 497 cm³/mol. The van der Waals surface area contributed by atoms with E-state index in [1.807, 2.05) is 126 Å². The van der Waals surface area contributed by atoms with Gasteiger partial charge in [0.1, 0.15) is 24.4 Å². The van der Waals surface area contributed by atoms with Gasteiger partial charge in [0.05, 0.1) is 22.8 Å². The molecule has 0 bridgehead atoms. The van der Waals surface area contributed by atoms with E-state index in [1.165, 1.54) is 22.3 Å². The molecule has 0 radical (unpaired) electrons. The summed E-state index contributed by atoms with van der Waals surface area (Å²) >= 11 is -3.00. The van der Waals surface area contributed by atoms with E-state index in [0.29, 0.717) is 25.7 Å². The summed E-state index contributed by atoms with van der Waals surface area (Å²) < 4.78 is 125. The smallest absolute Gasteiger partial charge is 0.335 e. The third-order valence-electron chi connectivity index (χ3n) is 21.0. The van der Waals surface area contributed by atoms with Crippen molar-refractivity contribution in [1.29, 1.82) is 0 Å². The average Bonchev–Trinajstić information content (AvgIpc) is 1.69. The molecule has 4 aromatic heterocycles. The largest absolute Gasteiger partial charge is 0.464 e. The van der Waals surface area contributed by atoms with Crippen LogP contribution in [-0.2, 0) is 138 Å². The molecule has 32 heteroatoms. The molecule has 688 valence electrons. The highest BCUT2D eigenvalue weighted by Crippen LogP contribution is 2.37. The maximum atomic E-state index is 11.6. The SMILES string of the molecule is C.O=S=O.O=S=O.O=S=O.O=S=O.[2H]C(=O)OC(CCCCCc1cn(C)nn1)C(c1ccccc1)c1ccc(C)cc1.[2H]C(=O)OC(CCCCCc1cn(C)nn1)C(c1ccccc1)c1ccc(C)cc1.[2H]C(=O)OC(CCCCCc1cn(C)nn1)C(c1ccccc1)c1ccc(C)cc1.[2H]C(=O)OC(CCCCCc1cn(C)nn1)C(c1ccccc1)c1ccc(C)cc1. The van der Waals surface area contributed by atoms with Crippen LogP contribution in [0.4, 0.5) is 0 Å². The molecule has 0 saturated carbocycles. The molecule has 0 aliphatic carbocycles. The Morgan fingerprint density at radius 1 is 0.271 bits per heavy atom. The van der Waals surface area contributed by atoms with E-state index in [0.717, 1.165) is 170 Å². The molecule has 0 fully saturated rings. The van der Waals surface area contributed by atoms with Gasteiger partial charge in [0.2, 0.25) is 0 Å². The van der Waals surface area contributed by atoms with E-state index in [4.69, 9.17) is 58.1 Å². The van der Waals surface area contributed by atoms with E-state index < -0.39 is 72.1 Å². The van der Waals surface area contributed by atoms with Crippen molar-refractivity contribution in [2.45, 2.75) is 212 Å². The predicted octanol–water partition coefficient (Wildman–Crippen LogP) is 16.4. The summed E-state index contributed by atoms with van der Waals surface area (Å²) in [5.74, 6) is -0.385. The zero-order valence-corrected chi connectivity index (χ0v) is 76.7. The molecule has 0 aliphatic rings. The van der Waals surface area contributed by atoms with Crippen molar-refractivity contribution in [3.8, 4) is 0 Å². The Morgan fingerprint density at radius 2 is 0.434 bits per heavy atom. The fourth-order valence-electron chi connectivity index (χ4n) is 15.0. The van der Waals surface area contributed by atoms with Crippen LogP contribution in [-0.4, -0.2) is 144 Å². The zero-order valence-electron chi connectivity index (χ0n) is 77.4. The number of ether oxygens (including phenoxy) is 4. The highest BCUT2D eigenvalue weighted by molar-refractivity contribution is 7.52. The first-order valence-corrected chi connectivity index (χ1v) is 44.7. The molecule has 0 N–H and O–H groups in total. The summed E-state index contributed by atoms with van der Waals surface area (Å²) in [4.78, 5) is 46.3. The zero-order chi connectivity index (χ0) is 96.2. The Hall–Kier alpha value is -12.5. The average molecular weight is 1840 g/mol. The quantitative estimate of drug-likeness (QED) is 0.0195. The van der Waals surface area contributed by atoms with E-state index in [9.17, 15) is 19.2 Å². The first-order chi connectivity index (χ1) is 63.8. The normalized spacial score (nSPS) is 12.5. The Morgan fingerprint density at radius 3 is 0.581 bits per heavy atom. The fourth-order valence-corrected chi connectivity index (χ4v) is 15.0. The summed E-state index contributed by atoms with van der Waals surface area (Å²) in [6.45, 7) is 8.22. The minimum absolute atomic E-state index is 0. The molecule has 0 saturated heterocycles. The van der Waals surface area contributed by atoms with Crippen LogP contribution >= 0.6 is 0 Å². The van der Waals surface area contributed by atoms with Gasteiger partial charge in [-0.15, -0.1) is 20.4 Å². The van der Waals surface area contributed by atoms with E-state index in [1.54, 1.807) is 18.7 Å². The Kier molecular flexibility index (Phi) is 52.1. The molecule has 12 rings (SSSR count). The standard InChI is InChI=1S/4C24H29N3O2.CH4.4O2S/c4*1-19-13-15-21(16-14-19)24(20-9-5-3-6-10-20)23(29-18-28)12-8-4-7-11-22-17-27(2)26-25-22;;4*1-3-2/h4*3,5-6,9-10,13-18,23-24H,4,7-8,11-12H2,1-2H3;1H4;;;;/i4*18D;;;;;. The lowest BCUT2D eigenvalue weighted by molar-refractivity contribution is -0.135. The van der Waals surface area contributed by atoms with Crippen LogP contribution in [0.1, 0.15) is 229 Å². The molecule has 12 aromatic rings. The maximum Gasteiger partial charge on any atom is 0.335 e. The number of aryl methyl sites for hydroxylation is 12. The van der Waals surface area contributed by atoms with Gasteiger partial charge in [0.15, 0.2) is 5.48 Å². The summed E-state index contributed by atoms with van der Waals surface area (Å²) in [5, 5.41) is 32.3. The van der Waals surface area contributed by atoms with Crippen LogP contribution in [0.5, 0.6) is 0 Å². The number of rotatable bonds is 40. The van der Waals surface area contributed by atoms with Gasteiger partial charge in [-0.1, -0.05) is 295 Å². The summed E-state index contributed by atoms with van der Waals surface area (Å²) in [7, 11) is 7.46. The highest BCUT2D eigenvalue weighted by Gasteiger charge is 2.31. The number of benzene rings is 8. The third-order valence-corrected chi connectivity index (χ3v) is 21.0. The van der Waals surface area contributed by atoms with Gasteiger partial charge in [-0.2, -0.15) is 33.7 Å². The molecule has 129 heavy (non-hydrogen) atoms. The van der Waals surface area contributed by atoms with E-state index in [2.05, 4.69) is 215 Å². The second kappa shape index (κ2) is 66.0. The number of carbonyl (C=O) groups is 4. The number of unbranched alkanes of at least 4 members (excludes halogenated alkanes) is 8. The van der Waals surface area contributed by atoms with Gasteiger partial charge < -0.3 is 18.9 Å². The lowest BCUT2D eigenvalue weighted by Crippen LogP contribution is -2.23. The minimum atomic E-state index is -0.979. The number of hydrogen-bond acceptors (Lipinski definition) is 24. The van der Waals surface area contributed by atoms with Gasteiger partial charge in [0, 0.05) is 76.6 Å². The van der Waals surface area contributed by atoms with Crippen molar-refractivity contribution < 1.29 is 77.3 Å². The molecule has 4 heterocycles. The van der Waals surface area contributed by atoms with Gasteiger partial charge in [-0.3, -0.25) is 37.9 Å². The lowest BCUT2D eigenvalue weighted by Gasteiger charge is -2.27. The topological polar surface area (TPSA) is 365 Å². The second-order valence-electron chi connectivity index (χ2n) is 30.4. The fraction of sp³-hybridized carbons (Fsp3) is 0.381. The van der Waals surface area contributed by atoms with Gasteiger partial charge >= 0.3 is 46.3 Å².